The van der Waals surface area contributed by atoms with Gasteiger partial charge in [-0.15, -0.1) is 0 Å². The largest absolute Gasteiger partial charge is 0.331 e. The molecular formula is C31H30FN5O. The Morgan fingerprint density at radius 1 is 1.08 bits per heavy atom. The summed E-state index contributed by atoms with van der Waals surface area (Å²) in [6, 6.07) is 13.8. The van der Waals surface area contributed by atoms with Crippen LogP contribution in [0.1, 0.15) is 90.0 Å². The van der Waals surface area contributed by atoms with Crippen molar-refractivity contribution in [3.05, 3.63) is 82.7 Å². The minimum atomic E-state index is -0.636. The standard InChI is InChI=1S/C31H30FN5O/c1-16-11-21(16)19-5-3-6-20-27(19)25-14-26(36(2)30(20)38)29-35-23-8-7-17(13-24(23)37(25)29)18-12-22(32)28(34-15-18)31(33)9-4-10-31/h3,5-8,12-13,15-16,21,25-26H,4,9-11,14,33H2,1-2H3/t16-,21-,25+,26+/m0/s1. The molecule has 0 spiro atoms. The Bertz CT molecular complexity index is 1670. The molecule has 8 rings (SSSR count). The number of pyridine rings is 1. The second-order valence-electron chi connectivity index (χ2n) is 11.9. The molecule has 2 aromatic heterocycles. The SMILES string of the molecule is C[C@H]1C[C@@H]1c1cccc2c1[C@H]1C[C@H](c3nc4ccc(-c5cnc(C6(N)CCC6)c(F)c5)cc4n31)N(C)C2=O. The molecule has 2 saturated carbocycles. The van der Waals surface area contributed by atoms with Gasteiger partial charge in [0.15, 0.2) is 0 Å². The number of carbonyl (C=O) groups is 1. The Morgan fingerprint density at radius 2 is 1.89 bits per heavy atom. The van der Waals surface area contributed by atoms with Crippen molar-refractivity contribution >= 4 is 16.9 Å². The predicted molar refractivity (Wildman–Crippen MR) is 143 cm³/mol. The van der Waals surface area contributed by atoms with Crippen molar-refractivity contribution in [1.29, 1.82) is 0 Å². The van der Waals surface area contributed by atoms with Gasteiger partial charge in [-0.3, -0.25) is 9.78 Å². The molecule has 38 heavy (non-hydrogen) atoms. The quantitative estimate of drug-likeness (QED) is 0.379. The highest BCUT2D eigenvalue weighted by Gasteiger charge is 2.47. The van der Waals surface area contributed by atoms with Gasteiger partial charge in [-0.2, -0.15) is 0 Å². The number of imidazole rings is 1. The molecule has 2 bridgehead atoms. The van der Waals surface area contributed by atoms with Crippen molar-refractivity contribution in [2.75, 3.05) is 7.05 Å². The lowest BCUT2D eigenvalue weighted by Gasteiger charge is -2.37. The third-order valence-electron chi connectivity index (χ3n) is 9.67. The first-order valence-corrected chi connectivity index (χ1v) is 13.7. The number of nitrogens with zero attached hydrogens (tertiary/aromatic N) is 4. The van der Waals surface area contributed by atoms with E-state index in [9.17, 15) is 4.79 Å². The fourth-order valence-electron chi connectivity index (χ4n) is 7.16. The third kappa shape index (κ3) is 2.94. The summed E-state index contributed by atoms with van der Waals surface area (Å²) >= 11 is 0. The highest BCUT2D eigenvalue weighted by molar-refractivity contribution is 5.97. The van der Waals surface area contributed by atoms with Crippen LogP contribution in [0.2, 0.25) is 0 Å². The van der Waals surface area contributed by atoms with Crippen LogP contribution in [0.4, 0.5) is 4.39 Å². The van der Waals surface area contributed by atoms with Crippen LogP contribution in [0.15, 0.2) is 48.7 Å². The first-order valence-electron chi connectivity index (χ1n) is 13.7. The summed E-state index contributed by atoms with van der Waals surface area (Å²) in [7, 11) is 1.90. The zero-order valence-corrected chi connectivity index (χ0v) is 21.6. The van der Waals surface area contributed by atoms with Crippen molar-refractivity contribution in [2.24, 2.45) is 11.7 Å². The average molecular weight is 508 g/mol. The van der Waals surface area contributed by atoms with Gasteiger partial charge in [-0.25, -0.2) is 9.37 Å². The van der Waals surface area contributed by atoms with Crippen molar-refractivity contribution in [2.45, 2.75) is 62.6 Å². The van der Waals surface area contributed by atoms with E-state index in [1.807, 2.05) is 36.2 Å². The van der Waals surface area contributed by atoms with Crippen molar-refractivity contribution < 1.29 is 9.18 Å². The van der Waals surface area contributed by atoms with E-state index in [1.165, 1.54) is 5.56 Å². The molecule has 6 nitrogen and oxygen atoms in total. The summed E-state index contributed by atoms with van der Waals surface area (Å²) in [6.07, 6.45) is 6.27. The maximum absolute atomic E-state index is 15.2. The minimum Gasteiger partial charge on any atom is -0.331 e. The van der Waals surface area contributed by atoms with Crippen LogP contribution in [0, 0.1) is 11.7 Å². The summed E-state index contributed by atoms with van der Waals surface area (Å²) in [6.45, 7) is 2.28. The summed E-state index contributed by atoms with van der Waals surface area (Å²) in [5.41, 5.74) is 12.9. The van der Waals surface area contributed by atoms with E-state index in [0.29, 0.717) is 17.5 Å². The topological polar surface area (TPSA) is 77.0 Å². The van der Waals surface area contributed by atoms with Crippen LogP contribution in [-0.2, 0) is 5.54 Å². The predicted octanol–water partition coefficient (Wildman–Crippen LogP) is 5.82. The lowest BCUT2D eigenvalue weighted by Crippen LogP contribution is -2.44. The monoisotopic (exact) mass is 507 g/mol. The zero-order chi connectivity index (χ0) is 25.9. The second kappa shape index (κ2) is 7.50. The molecule has 0 unspecified atom stereocenters. The van der Waals surface area contributed by atoms with Gasteiger partial charge in [0.2, 0.25) is 0 Å². The number of nitrogens with two attached hydrogens (primary N) is 1. The van der Waals surface area contributed by atoms with E-state index >= 15 is 4.39 Å². The highest BCUT2D eigenvalue weighted by Crippen LogP contribution is 2.54. The van der Waals surface area contributed by atoms with Gasteiger partial charge >= 0.3 is 0 Å². The number of hydrogen-bond donors (Lipinski definition) is 1. The van der Waals surface area contributed by atoms with Crippen molar-refractivity contribution in [1.82, 2.24) is 19.4 Å². The molecule has 4 aromatic rings. The number of rotatable bonds is 3. The van der Waals surface area contributed by atoms with Gasteiger partial charge in [0, 0.05) is 30.8 Å². The molecular weight excluding hydrogens is 477 g/mol. The molecule has 2 aromatic carbocycles. The highest BCUT2D eigenvalue weighted by atomic mass is 19.1. The van der Waals surface area contributed by atoms with E-state index in [4.69, 9.17) is 10.7 Å². The van der Waals surface area contributed by atoms with Crippen LogP contribution in [0.25, 0.3) is 22.2 Å². The molecule has 2 aliphatic carbocycles. The van der Waals surface area contributed by atoms with Gasteiger partial charge in [-0.05, 0) is 78.5 Å². The van der Waals surface area contributed by atoms with Crippen LogP contribution >= 0.6 is 0 Å². The van der Waals surface area contributed by atoms with Crippen LogP contribution in [0.3, 0.4) is 0 Å². The number of amides is 1. The lowest BCUT2D eigenvalue weighted by atomic mass is 9.75. The molecule has 4 atom stereocenters. The van der Waals surface area contributed by atoms with Gasteiger partial charge < -0.3 is 15.2 Å². The molecule has 2 fully saturated rings. The number of fused-ring (bicyclic) bond motifs is 9. The molecule has 0 radical (unpaired) electrons. The maximum atomic E-state index is 15.2. The molecule has 4 heterocycles. The van der Waals surface area contributed by atoms with Crippen LogP contribution < -0.4 is 5.73 Å². The fraction of sp³-hybridized carbons (Fsp3) is 0.387. The molecule has 2 aliphatic heterocycles. The van der Waals surface area contributed by atoms with E-state index < -0.39 is 5.54 Å². The van der Waals surface area contributed by atoms with Gasteiger partial charge in [-0.1, -0.05) is 25.1 Å². The van der Waals surface area contributed by atoms with E-state index in [0.717, 1.165) is 71.2 Å². The first-order chi connectivity index (χ1) is 18.3. The Kier molecular flexibility index (Phi) is 4.42. The Labute approximate surface area is 220 Å². The van der Waals surface area contributed by atoms with E-state index in [-0.39, 0.29) is 23.8 Å². The number of aromatic nitrogens is 3. The van der Waals surface area contributed by atoms with Crippen molar-refractivity contribution in [3.8, 4) is 11.1 Å². The Hall–Kier alpha value is -3.58. The molecule has 192 valence electrons. The molecule has 7 heteroatoms. The number of hydrogen-bond acceptors (Lipinski definition) is 4. The van der Waals surface area contributed by atoms with Gasteiger partial charge in [0.1, 0.15) is 11.6 Å². The second-order valence-corrected chi connectivity index (χ2v) is 11.9. The van der Waals surface area contributed by atoms with Gasteiger partial charge in [0.05, 0.1) is 34.3 Å². The molecule has 2 N–H and O–H groups in total. The summed E-state index contributed by atoms with van der Waals surface area (Å²) < 4.78 is 17.5. The number of benzene rings is 2. The fourth-order valence-corrected chi connectivity index (χ4v) is 7.16. The van der Waals surface area contributed by atoms with Gasteiger partial charge in [0.25, 0.3) is 5.91 Å². The summed E-state index contributed by atoms with van der Waals surface area (Å²) in [4.78, 5) is 24.9. The average Bonchev–Trinajstić information content (AvgIpc) is 3.38. The molecule has 1 amide bonds. The van der Waals surface area contributed by atoms with E-state index in [2.05, 4.69) is 28.6 Å². The number of halogens is 1. The van der Waals surface area contributed by atoms with Crippen LogP contribution in [-0.4, -0.2) is 32.4 Å². The van der Waals surface area contributed by atoms with Crippen molar-refractivity contribution in [3.63, 3.8) is 0 Å². The Morgan fingerprint density at radius 3 is 2.61 bits per heavy atom. The summed E-state index contributed by atoms with van der Waals surface area (Å²) in [5, 5.41) is 0. The number of carbonyl (C=O) groups excluding carboxylic acids is 1. The lowest BCUT2D eigenvalue weighted by molar-refractivity contribution is 0.0734. The third-order valence-corrected chi connectivity index (χ3v) is 9.67. The molecule has 4 aliphatic rings. The normalized spacial score (nSPS) is 26.6. The zero-order valence-electron chi connectivity index (χ0n) is 21.6. The minimum absolute atomic E-state index is 0.0381. The first kappa shape index (κ1) is 22.4. The molecule has 0 saturated heterocycles. The van der Waals surface area contributed by atoms with Crippen LogP contribution in [0.5, 0.6) is 0 Å². The maximum Gasteiger partial charge on any atom is 0.254 e. The summed E-state index contributed by atoms with van der Waals surface area (Å²) in [5.74, 6) is 1.80. The Balaban J connectivity index is 1.29. The van der Waals surface area contributed by atoms with E-state index in [1.54, 1.807) is 12.3 Å². The smallest absolute Gasteiger partial charge is 0.254 e.